The van der Waals surface area contributed by atoms with Crippen LogP contribution in [0.4, 0.5) is 5.69 Å². The Morgan fingerprint density at radius 3 is 2.53 bits per heavy atom. The zero-order valence-electron chi connectivity index (χ0n) is 10.0. The van der Waals surface area contributed by atoms with Crippen molar-refractivity contribution >= 4 is 11.5 Å². The molecule has 1 aromatic carbocycles. The summed E-state index contributed by atoms with van der Waals surface area (Å²) in [5, 5.41) is 0. The lowest BCUT2D eigenvalue weighted by Gasteiger charge is -2.17. The quantitative estimate of drug-likeness (QED) is 0.756. The number of carbonyl (C=O) groups excluding carboxylic acids is 1. The Hall–Kier alpha value is -2.03. The van der Waals surface area contributed by atoms with Gasteiger partial charge in [-0.15, -0.1) is 0 Å². The minimum absolute atomic E-state index is 0.0157. The van der Waals surface area contributed by atoms with Gasteiger partial charge in [-0.3, -0.25) is 4.79 Å². The van der Waals surface area contributed by atoms with Gasteiger partial charge in [-0.2, -0.15) is 0 Å². The SMILES string of the molecule is Cc1ccc(N(C)CC(=O)c2ccco2)cc1. The number of hydrogen-bond donors (Lipinski definition) is 0. The zero-order chi connectivity index (χ0) is 12.3. The van der Waals surface area contributed by atoms with E-state index in [9.17, 15) is 4.79 Å². The number of anilines is 1. The molecule has 17 heavy (non-hydrogen) atoms. The fourth-order valence-corrected chi connectivity index (χ4v) is 1.62. The number of hydrogen-bond acceptors (Lipinski definition) is 3. The Morgan fingerprint density at radius 2 is 1.94 bits per heavy atom. The van der Waals surface area contributed by atoms with E-state index in [1.807, 2.05) is 43.1 Å². The van der Waals surface area contributed by atoms with E-state index in [4.69, 9.17) is 4.42 Å². The second-order valence-electron chi connectivity index (χ2n) is 4.09. The minimum atomic E-state index is -0.0157. The highest BCUT2D eigenvalue weighted by Crippen LogP contribution is 2.14. The molecule has 2 aromatic rings. The highest BCUT2D eigenvalue weighted by atomic mass is 16.3. The highest BCUT2D eigenvalue weighted by Gasteiger charge is 2.11. The molecule has 3 heteroatoms. The van der Waals surface area contributed by atoms with Gasteiger partial charge in [0.05, 0.1) is 12.8 Å². The number of ketones is 1. The van der Waals surface area contributed by atoms with Crippen molar-refractivity contribution in [1.82, 2.24) is 0 Å². The van der Waals surface area contributed by atoms with Crippen LogP contribution in [0.2, 0.25) is 0 Å². The third-order valence-corrected chi connectivity index (χ3v) is 2.65. The van der Waals surface area contributed by atoms with Crippen LogP contribution in [0.1, 0.15) is 16.1 Å². The Morgan fingerprint density at radius 1 is 1.24 bits per heavy atom. The van der Waals surface area contributed by atoms with Crippen LogP contribution in [0, 0.1) is 6.92 Å². The summed E-state index contributed by atoms with van der Waals surface area (Å²) in [5.41, 5.74) is 2.23. The van der Waals surface area contributed by atoms with E-state index >= 15 is 0 Å². The lowest BCUT2D eigenvalue weighted by atomic mass is 10.2. The maximum atomic E-state index is 11.8. The monoisotopic (exact) mass is 229 g/mol. The second kappa shape index (κ2) is 4.87. The molecule has 0 spiro atoms. The largest absolute Gasteiger partial charge is 0.461 e. The van der Waals surface area contributed by atoms with Crippen molar-refractivity contribution in [3.8, 4) is 0 Å². The first-order chi connectivity index (χ1) is 8.16. The number of aryl methyl sites for hydroxylation is 1. The lowest BCUT2D eigenvalue weighted by Crippen LogP contribution is -2.25. The van der Waals surface area contributed by atoms with Crippen molar-refractivity contribution in [2.75, 3.05) is 18.5 Å². The van der Waals surface area contributed by atoms with Gasteiger partial charge in [-0.05, 0) is 31.2 Å². The van der Waals surface area contributed by atoms with Crippen LogP contribution >= 0.6 is 0 Å². The normalized spacial score (nSPS) is 10.2. The summed E-state index contributed by atoms with van der Waals surface area (Å²) in [5.74, 6) is 0.391. The summed E-state index contributed by atoms with van der Waals surface area (Å²) in [6.45, 7) is 2.36. The Labute approximate surface area is 101 Å². The van der Waals surface area contributed by atoms with Crippen LogP contribution in [-0.4, -0.2) is 19.4 Å². The molecule has 2 rings (SSSR count). The summed E-state index contributed by atoms with van der Waals surface area (Å²) >= 11 is 0. The molecule has 0 N–H and O–H groups in total. The molecular weight excluding hydrogens is 214 g/mol. The van der Waals surface area contributed by atoms with E-state index < -0.39 is 0 Å². The molecule has 88 valence electrons. The Kier molecular flexibility index (Phi) is 3.28. The summed E-state index contributed by atoms with van der Waals surface area (Å²) in [4.78, 5) is 13.7. The van der Waals surface area contributed by atoms with Crippen molar-refractivity contribution < 1.29 is 9.21 Å². The van der Waals surface area contributed by atoms with Crippen LogP contribution in [0.5, 0.6) is 0 Å². The van der Waals surface area contributed by atoms with E-state index in [-0.39, 0.29) is 5.78 Å². The molecule has 0 aliphatic carbocycles. The second-order valence-corrected chi connectivity index (χ2v) is 4.09. The van der Waals surface area contributed by atoms with Gasteiger partial charge in [0.2, 0.25) is 5.78 Å². The summed E-state index contributed by atoms with van der Waals surface area (Å²) in [6, 6.07) is 11.5. The van der Waals surface area contributed by atoms with Crippen LogP contribution in [-0.2, 0) is 0 Å². The van der Waals surface area contributed by atoms with E-state index in [0.717, 1.165) is 5.69 Å². The topological polar surface area (TPSA) is 33.5 Å². The first-order valence-electron chi connectivity index (χ1n) is 5.51. The van der Waals surface area contributed by atoms with Gasteiger partial charge < -0.3 is 9.32 Å². The predicted molar refractivity (Wildman–Crippen MR) is 67.5 cm³/mol. The molecule has 0 aliphatic heterocycles. The van der Waals surface area contributed by atoms with E-state index in [0.29, 0.717) is 12.3 Å². The predicted octanol–water partition coefficient (Wildman–Crippen LogP) is 2.91. The molecule has 1 aromatic heterocycles. The van der Waals surface area contributed by atoms with E-state index in [2.05, 4.69) is 0 Å². The van der Waals surface area contributed by atoms with Gasteiger partial charge in [0.15, 0.2) is 5.76 Å². The number of Topliss-reactive ketones (excluding diaryl/α,β-unsaturated/α-hetero) is 1. The summed E-state index contributed by atoms with van der Waals surface area (Å²) in [6.07, 6.45) is 1.51. The van der Waals surface area contributed by atoms with Crippen LogP contribution in [0.3, 0.4) is 0 Å². The summed E-state index contributed by atoms with van der Waals surface area (Å²) < 4.78 is 5.07. The molecule has 0 fully saturated rings. The minimum Gasteiger partial charge on any atom is -0.461 e. The zero-order valence-corrected chi connectivity index (χ0v) is 10.0. The standard InChI is InChI=1S/C14H15NO2/c1-11-5-7-12(8-6-11)15(2)10-13(16)14-4-3-9-17-14/h3-9H,10H2,1-2H3. The van der Waals surface area contributed by atoms with Crippen LogP contribution in [0.15, 0.2) is 47.1 Å². The third-order valence-electron chi connectivity index (χ3n) is 2.65. The molecule has 0 amide bonds. The molecule has 0 unspecified atom stereocenters. The van der Waals surface area contributed by atoms with E-state index in [1.54, 1.807) is 12.1 Å². The van der Waals surface area contributed by atoms with E-state index in [1.165, 1.54) is 11.8 Å². The Bertz CT molecular complexity index is 485. The van der Waals surface area contributed by atoms with Gasteiger partial charge in [-0.1, -0.05) is 17.7 Å². The molecule has 1 heterocycles. The van der Waals surface area contributed by atoms with Crippen molar-refractivity contribution in [3.05, 3.63) is 54.0 Å². The molecule has 0 saturated carbocycles. The average Bonchev–Trinajstić information content (AvgIpc) is 2.83. The van der Waals surface area contributed by atoms with Crippen LogP contribution in [0.25, 0.3) is 0 Å². The first-order valence-corrected chi connectivity index (χ1v) is 5.51. The average molecular weight is 229 g/mol. The molecule has 0 atom stereocenters. The van der Waals surface area contributed by atoms with Crippen molar-refractivity contribution in [2.45, 2.75) is 6.92 Å². The molecule has 0 saturated heterocycles. The number of nitrogens with zero attached hydrogens (tertiary/aromatic N) is 1. The molecule has 0 aliphatic rings. The maximum absolute atomic E-state index is 11.8. The van der Waals surface area contributed by atoms with Gasteiger partial charge in [-0.25, -0.2) is 0 Å². The van der Waals surface area contributed by atoms with Gasteiger partial charge in [0, 0.05) is 12.7 Å². The molecule has 0 bridgehead atoms. The smallest absolute Gasteiger partial charge is 0.217 e. The van der Waals surface area contributed by atoms with Crippen molar-refractivity contribution in [1.29, 1.82) is 0 Å². The van der Waals surface area contributed by atoms with Crippen LogP contribution < -0.4 is 4.90 Å². The fourth-order valence-electron chi connectivity index (χ4n) is 1.62. The first kappa shape index (κ1) is 11.5. The highest BCUT2D eigenvalue weighted by molar-refractivity contribution is 5.96. The number of benzene rings is 1. The van der Waals surface area contributed by atoms with Gasteiger partial charge in [0.25, 0.3) is 0 Å². The van der Waals surface area contributed by atoms with Gasteiger partial charge >= 0.3 is 0 Å². The molecule has 0 radical (unpaired) electrons. The molecular formula is C14H15NO2. The van der Waals surface area contributed by atoms with Gasteiger partial charge in [0.1, 0.15) is 0 Å². The molecule has 3 nitrogen and oxygen atoms in total. The van der Waals surface area contributed by atoms with Crippen molar-refractivity contribution in [3.63, 3.8) is 0 Å². The number of rotatable bonds is 4. The lowest BCUT2D eigenvalue weighted by molar-refractivity contribution is 0.0974. The number of likely N-dealkylation sites (N-methyl/N-ethyl adjacent to an activating group) is 1. The number of carbonyl (C=O) groups is 1. The fraction of sp³-hybridized carbons (Fsp3) is 0.214. The maximum Gasteiger partial charge on any atom is 0.217 e. The summed E-state index contributed by atoms with van der Waals surface area (Å²) in [7, 11) is 1.89. The van der Waals surface area contributed by atoms with Crippen molar-refractivity contribution in [2.24, 2.45) is 0 Å². The number of furan rings is 1. The Balaban J connectivity index is 2.04. The third kappa shape index (κ3) is 2.75.